The number of nitrogens with two attached hydrogens (primary N) is 1. The van der Waals surface area contributed by atoms with Gasteiger partial charge in [-0.25, -0.2) is 8.78 Å². The number of alkyl halides is 2. The number of likely N-dealkylation sites (N-methyl/N-ethyl adjacent to an activating group) is 1. The summed E-state index contributed by atoms with van der Waals surface area (Å²) in [6, 6.07) is 0. The summed E-state index contributed by atoms with van der Waals surface area (Å²) >= 11 is 0. The van der Waals surface area contributed by atoms with Gasteiger partial charge in [0.25, 0.3) is 6.43 Å². The van der Waals surface area contributed by atoms with Crippen molar-refractivity contribution < 1.29 is 18.7 Å². The monoisotopic (exact) mass is 222 g/mol. The lowest BCUT2D eigenvalue weighted by molar-refractivity contribution is -0.145. The summed E-state index contributed by atoms with van der Waals surface area (Å²) in [4.78, 5) is 12.3. The number of rotatable bonds is 6. The van der Waals surface area contributed by atoms with E-state index in [1.165, 1.54) is 11.9 Å². The van der Waals surface area contributed by atoms with Crippen molar-refractivity contribution in [2.45, 2.75) is 24.8 Å². The number of carboxylic acid groups (broad SMARTS) is 1. The first-order valence-corrected chi connectivity index (χ1v) is 4.85. The van der Waals surface area contributed by atoms with Gasteiger partial charge in [0.1, 0.15) is 5.54 Å². The van der Waals surface area contributed by atoms with E-state index in [0.717, 1.165) is 12.8 Å². The zero-order valence-corrected chi connectivity index (χ0v) is 8.62. The number of carbonyl (C=O) groups is 1. The van der Waals surface area contributed by atoms with Gasteiger partial charge in [0, 0.05) is 6.54 Å². The van der Waals surface area contributed by atoms with Crippen LogP contribution in [0.3, 0.4) is 0 Å². The van der Waals surface area contributed by atoms with Gasteiger partial charge in [-0.05, 0) is 25.8 Å². The summed E-state index contributed by atoms with van der Waals surface area (Å²) in [5.41, 5.74) is 4.37. The summed E-state index contributed by atoms with van der Waals surface area (Å²) in [6.07, 6.45) is -0.927. The molecular formula is C9H16F2N2O2. The van der Waals surface area contributed by atoms with Gasteiger partial charge in [0.2, 0.25) is 0 Å². The molecule has 1 rings (SSSR count). The third-order valence-corrected chi connectivity index (χ3v) is 2.69. The van der Waals surface area contributed by atoms with Gasteiger partial charge >= 0.3 is 5.97 Å². The minimum atomic E-state index is -2.47. The number of nitrogens with zero attached hydrogens (tertiary/aromatic N) is 1. The first kappa shape index (κ1) is 12.3. The van der Waals surface area contributed by atoms with Crippen LogP contribution in [0.2, 0.25) is 0 Å². The molecule has 0 aliphatic heterocycles. The maximum atomic E-state index is 12.0. The van der Waals surface area contributed by atoms with Crippen molar-refractivity contribution >= 4 is 5.97 Å². The van der Waals surface area contributed by atoms with Crippen LogP contribution in [-0.4, -0.2) is 48.1 Å². The smallest absolute Gasteiger partial charge is 0.325 e. The fourth-order valence-electron chi connectivity index (χ4n) is 1.72. The Balaban J connectivity index is 2.55. The van der Waals surface area contributed by atoms with Crippen LogP contribution in [0.5, 0.6) is 0 Å². The molecule has 0 heterocycles. The lowest BCUT2D eigenvalue weighted by atomic mass is 9.94. The lowest BCUT2D eigenvalue weighted by Crippen LogP contribution is -2.57. The van der Waals surface area contributed by atoms with Crippen LogP contribution in [0.15, 0.2) is 0 Å². The van der Waals surface area contributed by atoms with Gasteiger partial charge < -0.3 is 10.8 Å². The Morgan fingerprint density at radius 3 is 2.53 bits per heavy atom. The second-order valence-corrected chi connectivity index (χ2v) is 4.21. The highest BCUT2D eigenvalue weighted by Gasteiger charge is 2.48. The number of hydrogen-bond acceptors (Lipinski definition) is 3. The highest BCUT2D eigenvalue weighted by Crippen LogP contribution is 2.38. The van der Waals surface area contributed by atoms with E-state index in [2.05, 4.69) is 0 Å². The van der Waals surface area contributed by atoms with E-state index in [9.17, 15) is 13.6 Å². The molecule has 0 radical (unpaired) electrons. The number of aliphatic carboxylic acids is 1. The number of halogens is 2. The van der Waals surface area contributed by atoms with E-state index in [0.29, 0.717) is 0 Å². The van der Waals surface area contributed by atoms with Crippen LogP contribution >= 0.6 is 0 Å². The Morgan fingerprint density at radius 2 is 2.20 bits per heavy atom. The zero-order chi connectivity index (χ0) is 11.6. The first-order valence-electron chi connectivity index (χ1n) is 4.85. The second-order valence-electron chi connectivity index (χ2n) is 4.21. The molecule has 1 fully saturated rings. The minimum Gasteiger partial charge on any atom is -0.480 e. The Labute approximate surface area is 87.0 Å². The molecule has 4 nitrogen and oxygen atoms in total. The molecular weight excluding hydrogens is 206 g/mol. The van der Waals surface area contributed by atoms with Crippen LogP contribution < -0.4 is 5.73 Å². The standard InChI is InChI=1S/C9H16F2N2O2/c1-13(4-7(10)11)5-9(12,8(14)15)6-2-3-6/h6-7H,2-5,12H2,1H3,(H,14,15). The SMILES string of the molecule is CN(CC(F)F)CC(N)(C(=O)O)C1CC1. The van der Waals surface area contributed by atoms with Crippen molar-refractivity contribution in [3.05, 3.63) is 0 Å². The number of hydrogen-bond donors (Lipinski definition) is 2. The molecule has 15 heavy (non-hydrogen) atoms. The molecule has 0 aromatic rings. The second kappa shape index (κ2) is 4.40. The van der Waals surface area contributed by atoms with Crippen LogP contribution in [0.1, 0.15) is 12.8 Å². The van der Waals surface area contributed by atoms with Crippen LogP contribution in [0.4, 0.5) is 8.78 Å². The zero-order valence-electron chi connectivity index (χ0n) is 8.62. The quantitative estimate of drug-likeness (QED) is 0.681. The maximum absolute atomic E-state index is 12.0. The van der Waals surface area contributed by atoms with Gasteiger partial charge in [0.15, 0.2) is 0 Å². The van der Waals surface area contributed by atoms with Gasteiger partial charge in [-0.3, -0.25) is 9.69 Å². The molecule has 0 bridgehead atoms. The summed E-state index contributed by atoms with van der Waals surface area (Å²) in [7, 11) is 1.46. The van der Waals surface area contributed by atoms with Gasteiger partial charge in [-0.15, -0.1) is 0 Å². The average Bonchev–Trinajstić information content (AvgIpc) is 2.82. The van der Waals surface area contributed by atoms with Crippen molar-refractivity contribution in [1.29, 1.82) is 0 Å². The highest BCUT2D eigenvalue weighted by atomic mass is 19.3. The molecule has 1 atom stereocenters. The first-order chi connectivity index (χ1) is 6.86. The molecule has 6 heteroatoms. The van der Waals surface area contributed by atoms with Crippen LogP contribution in [-0.2, 0) is 4.79 Å². The molecule has 0 aromatic heterocycles. The van der Waals surface area contributed by atoms with E-state index in [1.807, 2.05) is 0 Å². The Hall–Kier alpha value is -0.750. The third-order valence-electron chi connectivity index (χ3n) is 2.69. The average molecular weight is 222 g/mol. The Kier molecular flexibility index (Phi) is 3.62. The van der Waals surface area contributed by atoms with Gasteiger partial charge in [-0.1, -0.05) is 0 Å². The molecule has 0 spiro atoms. The van der Waals surface area contributed by atoms with Crippen molar-refractivity contribution in [3.8, 4) is 0 Å². The van der Waals surface area contributed by atoms with Crippen LogP contribution in [0, 0.1) is 5.92 Å². The molecule has 1 aliphatic carbocycles. The summed E-state index contributed by atoms with van der Waals surface area (Å²) in [6.45, 7) is -0.476. The molecule has 88 valence electrons. The van der Waals surface area contributed by atoms with Crippen molar-refractivity contribution in [1.82, 2.24) is 4.90 Å². The molecule has 3 N–H and O–H groups in total. The van der Waals surface area contributed by atoms with E-state index in [-0.39, 0.29) is 12.5 Å². The fourth-order valence-corrected chi connectivity index (χ4v) is 1.72. The molecule has 0 amide bonds. The van der Waals surface area contributed by atoms with E-state index >= 15 is 0 Å². The van der Waals surface area contributed by atoms with Gasteiger partial charge in [0.05, 0.1) is 6.54 Å². The predicted molar refractivity (Wildman–Crippen MR) is 50.8 cm³/mol. The summed E-state index contributed by atoms with van der Waals surface area (Å²) < 4.78 is 24.1. The van der Waals surface area contributed by atoms with Gasteiger partial charge in [-0.2, -0.15) is 0 Å². The van der Waals surface area contributed by atoms with Crippen LogP contribution in [0.25, 0.3) is 0 Å². The third kappa shape index (κ3) is 3.10. The van der Waals surface area contributed by atoms with Crippen molar-refractivity contribution in [2.24, 2.45) is 11.7 Å². The highest BCUT2D eigenvalue weighted by molar-refractivity contribution is 5.79. The molecule has 1 saturated carbocycles. The Morgan fingerprint density at radius 1 is 1.67 bits per heavy atom. The Bertz CT molecular complexity index is 246. The minimum absolute atomic E-state index is 0.0304. The van der Waals surface area contributed by atoms with E-state index in [4.69, 9.17) is 10.8 Å². The lowest BCUT2D eigenvalue weighted by Gasteiger charge is -2.29. The van der Waals surface area contributed by atoms with Crippen molar-refractivity contribution in [3.63, 3.8) is 0 Å². The molecule has 1 unspecified atom stereocenters. The topological polar surface area (TPSA) is 66.6 Å². The predicted octanol–water partition coefficient (Wildman–Crippen LogP) is 0.375. The molecule has 0 saturated heterocycles. The molecule has 0 aromatic carbocycles. The van der Waals surface area contributed by atoms with E-state index in [1.54, 1.807) is 0 Å². The number of carboxylic acids is 1. The fraction of sp³-hybridized carbons (Fsp3) is 0.889. The maximum Gasteiger partial charge on any atom is 0.325 e. The normalized spacial score (nSPS) is 20.7. The summed E-state index contributed by atoms with van der Waals surface area (Å²) in [5, 5.41) is 8.99. The molecule has 1 aliphatic rings. The van der Waals surface area contributed by atoms with Crippen molar-refractivity contribution in [2.75, 3.05) is 20.1 Å². The summed E-state index contributed by atoms with van der Waals surface area (Å²) in [5.74, 6) is -1.18. The largest absolute Gasteiger partial charge is 0.480 e. The van der Waals surface area contributed by atoms with E-state index < -0.39 is 24.5 Å².